The first-order valence-electron chi connectivity index (χ1n) is 3.24. The maximum absolute atomic E-state index is 10.2. The quantitative estimate of drug-likeness (QED) is 0.497. The van der Waals surface area contributed by atoms with Gasteiger partial charge in [0, 0.05) is 18.3 Å². The summed E-state index contributed by atoms with van der Waals surface area (Å²) < 4.78 is 0. The van der Waals surface area contributed by atoms with E-state index in [-0.39, 0.29) is 17.8 Å². The fourth-order valence-electron chi connectivity index (χ4n) is 0.602. The summed E-state index contributed by atoms with van der Waals surface area (Å²) in [6, 6.07) is 0. The van der Waals surface area contributed by atoms with Crippen LogP contribution in [0.15, 0.2) is 0 Å². The minimum atomic E-state index is -0.308. The number of rotatable bonds is 5. The van der Waals surface area contributed by atoms with Crippen molar-refractivity contribution in [2.75, 3.05) is 6.61 Å². The topological polar surface area (TPSA) is 63.3 Å². The Morgan fingerprint density at radius 2 is 2.20 bits per heavy atom. The Labute approximate surface area is 66.0 Å². The Morgan fingerprint density at radius 1 is 1.60 bits per heavy atom. The number of aliphatic hydroxyl groups excluding tert-OH is 1. The van der Waals surface area contributed by atoms with Crippen LogP contribution in [0.5, 0.6) is 0 Å². The number of carbonyl (C=O) groups excluding carboxylic acids is 1. The summed E-state index contributed by atoms with van der Waals surface area (Å²) in [5.74, 6) is -0.308. The largest absolute Gasteiger partial charge is 0.396 e. The normalized spacial score (nSPS) is 13.0. The number of aliphatic hydroxyl groups is 1. The highest BCUT2D eigenvalue weighted by molar-refractivity contribution is 7.80. The molecule has 1 amide bonds. The molecule has 3 N–H and O–H groups in total. The third-order valence-corrected chi connectivity index (χ3v) is 1.70. The van der Waals surface area contributed by atoms with Crippen LogP contribution in [-0.2, 0) is 4.79 Å². The summed E-state index contributed by atoms with van der Waals surface area (Å²) in [6.07, 6.45) is 1.63. The highest BCUT2D eigenvalue weighted by Crippen LogP contribution is 2.07. The molecule has 0 aromatic carbocycles. The summed E-state index contributed by atoms with van der Waals surface area (Å²) in [5, 5.41) is 8.53. The van der Waals surface area contributed by atoms with Gasteiger partial charge < -0.3 is 10.8 Å². The average Bonchev–Trinajstić information content (AvgIpc) is 1.85. The van der Waals surface area contributed by atoms with Gasteiger partial charge in [0.1, 0.15) is 0 Å². The van der Waals surface area contributed by atoms with Crippen molar-refractivity contribution in [1.82, 2.24) is 0 Å². The molecule has 0 bridgehead atoms. The molecule has 3 nitrogen and oxygen atoms in total. The number of primary amides is 1. The van der Waals surface area contributed by atoms with E-state index < -0.39 is 0 Å². The predicted octanol–water partition coefficient (Wildman–Crippen LogP) is -0.0673. The standard InChI is InChI=1S/C6H13NO2S/c7-6(9)2-1-5(10)3-4-8/h5,8,10H,1-4H2,(H2,7,9). The van der Waals surface area contributed by atoms with E-state index >= 15 is 0 Å². The molecule has 0 radical (unpaired) electrons. The van der Waals surface area contributed by atoms with Gasteiger partial charge in [-0.25, -0.2) is 0 Å². The van der Waals surface area contributed by atoms with Crippen LogP contribution in [-0.4, -0.2) is 22.9 Å². The summed E-state index contributed by atoms with van der Waals surface area (Å²) in [6.45, 7) is 0.118. The van der Waals surface area contributed by atoms with Crippen LogP contribution in [0, 0.1) is 0 Å². The average molecular weight is 163 g/mol. The number of nitrogens with two attached hydrogens (primary N) is 1. The van der Waals surface area contributed by atoms with E-state index in [4.69, 9.17) is 10.8 Å². The van der Waals surface area contributed by atoms with Gasteiger partial charge in [-0.1, -0.05) is 0 Å². The summed E-state index contributed by atoms with van der Waals surface area (Å²) in [4.78, 5) is 10.2. The molecular formula is C6H13NO2S. The second kappa shape index (κ2) is 5.56. The van der Waals surface area contributed by atoms with Crippen molar-refractivity contribution in [2.24, 2.45) is 5.73 Å². The number of amides is 1. The van der Waals surface area contributed by atoms with E-state index in [1.165, 1.54) is 0 Å². The Morgan fingerprint density at radius 3 is 2.60 bits per heavy atom. The number of thiol groups is 1. The minimum Gasteiger partial charge on any atom is -0.396 e. The molecule has 0 aromatic rings. The van der Waals surface area contributed by atoms with Crippen LogP contribution in [0.25, 0.3) is 0 Å². The van der Waals surface area contributed by atoms with Crippen molar-refractivity contribution in [3.63, 3.8) is 0 Å². The molecule has 0 aromatic heterocycles. The Balaban J connectivity index is 3.21. The molecule has 0 spiro atoms. The Kier molecular flexibility index (Phi) is 5.43. The summed E-state index contributed by atoms with van der Waals surface area (Å²) in [5.41, 5.74) is 4.90. The molecule has 0 aliphatic rings. The molecule has 4 heteroatoms. The Hall–Kier alpha value is -0.220. The van der Waals surface area contributed by atoms with Gasteiger partial charge in [0.05, 0.1) is 0 Å². The van der Waals surface area contributed by atoms with Crippen LogP contribution in [0.1, 0.15) is 19.3 Å². The lowest BCUT2D eigenvalue weighted by molar-refractivity contribution is -0.118. The minimum absolute atomic E-state index is 0.0949. The zero-order chi connectivity index (χ0) is 7.98. The molecule has 0 saturated heterocycles. The maximum atomic E-state index is 10.2. The van der Waals surface area contributed by atoms with Crippen molar-refractivity contribution in [3.8, 4) is 0 Å². The molecule has 0 aliphatic heterocycles. The molecule has 1 unspecified atom stereocenters. The SMILES string of the molecule is NC(=O)CCC(S)CCO. The molecule has 0 fully saturated rings. The van der Waals surface area contributed by atoms with E-state index in [1.54, 1.807) is 0 Å². The predicted molar refractivity (Wildman–Crippen MR) is 42.9 cm³/mol. The highest BCUT2D eigenvalue weighted by atomic mass is 32.1. The molecule has 0 saturated carbocycles. The molecule has 0 rings (SSSR count). The van der Waals surface area contributed by atoms with Crippen LogP contribution in [0.3, 0.4) is 0 Å². The molecular weight excluding hydrogens is 150 g/mol. The molecule has 10 heavy (non-hydrogen) atoms. The van der Waals surface area contributed by atoms with Gasteiger partial charge in [-0.15, -0.1) is 0 Å². The second-order valence-electron chi connectivity index (χ2n) is 2.17. The van der Waals surface area contributed by atoms with Crippen molar-refractivity contribution in [2.45, 2.75) is 24.5 Å². The van der Waals surface area contributed by atoms with Gasteiger partial charge in [0.2, 0.25) is 5.91 Å². The van der Waals surface area contributed by atoms with Crippen LogP contribution in [0.4, 0.5) is 0 Å². The first-order chi connectivity index (χ1) is 4.66. The molecule has 1 atom stereocenters. The maximum Gasteiger partial charge on any atom is 0.217 e. The van der Waals surface area contributed by atoms with Crippen molar-refractivity contribution >= 4 is 18.5 Å². The van der Waals surface area contributed by atoms with E-state index in [0.717, 1.165) is 0 Å². The van der Waals surface area contributed by atoms with Crippen LogP contribution >= 0.6 is 12.6 Å². The van der Waals surface area contributed by atoms with Crippen LogP contribution in [0.2, 0.25) is 0 Å². The van der Waals surface area contributed by atoms with E-state index in [1.807, 2.05) is 0 Å². The number of hydrogen-bond acceptors (Lipinski definition) is 3. The van der Waals surface area contributed by atoms with Gasteiger partial charge in [-0.3, -0.25) is 4.79 Å². The van der Waals surface area contributed by atoms with Crippen LogP contribution < -0.4 is 5.73 Å². The summed E-state index contributed by atoms with van der Waals surface area (Å²) >= 11 is 4.12. The lowest BCUT2D eigenvalue weighted by Crippen LogP contribution is -2.13. The number of carbonyl (C=O) groups is 1. The third kappa shape index (κ3) is 5.91. The van der Waals surface area contributed by atoms with Gasteiger partial charge in [0.15, 0.2) is 0 Å². The monoisotopic (exact) mass is 163 g/mol. The van der Waals surface area contributed by atoms with E-state index in [9.17, 15) is 4.79 Å². The Bertz CT molecular complexity index is 108. The molecule has 0 heterocycles. The molecule has 60 valence electrons. The molecule has 0 aliphatic carbocycles. The van der Waals surface area contributed by atoms with Crippen molar-refractivity contribution in [3.05, 3.63) is 0 Å². The second-order valence-corrected chi connectivity index (χ2v) is 2.90. The van der Waals surface area contributed by atoms with Crippen molar-refractivity contribution < 1.29 is 9.90 Å². The van der Waals surface area contributed by atoms with Gasteiger partial charge in [-0.05, 0) is 12.8 Å². The van der Waals surface area contributed by atoms with Gasteiger partial charge in [-0.2, -0.15) is 12.6 Å². The number of hydrogen-bond donors (Lipinski definition) is 3. The van der Waals surface area contributed by atoms with Gasteiger partial charge >= 0.3 is 0 Å². The van der Waals surface area contributed by atoms with E-state index in [0.29, 0.717) is 19.3 Å². The first kappa shape index (κ1) is 9.78. The van der Waals surface area contributed by atoms with Crippen molar-refractivity contribution in [1.29, 1.82) is 0 Å². The fraction of sp³-hybridized carbons (Fsp3) is 0.833. The fourth-order valence-corrected chi connectivity index (χ4v) is 0.847. The van der Waals surface area contributed by atoms with E-state index in [2.05, 4.69) is 12.6 Å². The van der Waals surface area contributed by atoms with Gasteiger partial charge in [0.25, 0.3) is 0 Å². The highest BCUT2D eigenvalue weighted by Gasteiger charge is 2.03. The first-order valence-corrected chi connectivity index (χ1v) is 3.75. The zero-order valence-corrected chi connectivity index (χ0v) is 6.68. The summed E-state index contributed by atoms with van der Waals surface area (Å²) in [7, 11) is 0. The zero-order valence-electron chi connectivity index (χ0n) is 5.79. The smallest absolute Gasteiger partial charge is 0.217 e. The lowest BCUT2D eigenvalue weighted by Gasteiger charge is -2.05. The third-order valence-electron chi connectivity index (χ3n) is 1.19. The lowest BCUT2D eigenvalue weighted by atomic mass is 10.2.